The Balaban J connectivity index is 1.63. The molecule has 0 atom stereocenters. The van der Waals surface area contributed by atoms with Crippen LogP contribution in [0, 0.1) is 0 Å². The molecule has 0 fully saturated rings. The molecule has 1 aliphatic rings. The highest BCUT2D eigenvalue weighted by atomic mass is 35.5. The van der Waals surface area contributed by atoms with Crippen LogP contribution in [0.4, 0.5) is 0 Å². The number of carbonyl (C=O) groups is 1. The fraction of sp³-hybridized carbons (Fsp3) is 0.320. The maximum absolute atomic E-state index is 12.9. The van der Waals surface area contributed by atoms with Crippen LogP contribution in [0.5, 0.6) is 0 Å². The van der Waals surface area contributed by atoms with E-state index in [1.54, 1.807) is 18.5 Å². The topological polar surface area (TPSA) is 63.1 Å². The van der Waals surface area contributed by atoms with E-state index in [0.29, 0.717) is 31.2 Å². The van der Waals surface area contributed by atoms with E-state index in [1.165, 1.54) is 0 Å². The van der Waals surface area contributed by atoms with Crippen molar-refractivity contribution in [2.75, 3.05) is 13.1 Å². The molecule has 166 valence electrons. The van der Waals surface area contributed by atoms with Crippen LogP contribution in [-0.4, -0.2) is 44.2 Å². The molecule has 6 nitrogen and oxygen atoms in total. The Morgan fingerprint density at radius 3 is 2.50 bits per heavy atom. The maximum atomic E-state index is 12.9. The predicted octanol–water partition coefficient (Wildman–Crippen LogP) is 4.55. The number of nitrogens with zero attached hydrogens (tertiary/aromatic N) is 4. The van der Waals surface area contributed by atoms with E-state index in [2.05, 4.69) is 31.1 Å². The smallest absolute Gasteiger partial charge is 0.246 e. The molecule has 1 aliphatic heterocycles. The van der Waals surface area contributed by atoms with Gasteiger partial charge in [0.15, 0.2) is 0 Å². The van der Waals surface area contributed by atoms with Crippen molar-refractivity contribution < 1.29 is 4.79 Å². The molecule has 2 aromatic heterocycles. The van der Waals surface area contributed by atoms with Crippen molar-refractivity contribution in [2.24, 2.45) is 0 Å². The molecular formula is C25H28ClN5O. The number of hydrogen-bond donors (Lipinski definition) is 1. The van der Waals surface area contributed by atoms with Crippen molar-refractivity contribution in [3.8, 4) is 22.4 Å². The summed E-state index contributed by atoms with van der Waals surface area (Å²) in [6, 6.07) is 11.7. The van der Waals surface area contributed by atoms with Crippen molar-refractivity contribution >= 4 is 17.5 Å². The SMILES string of the molecule is CC(C)(C)NC/C=C/C(=O)N1CCn2nc(-c3ccc(Cl)cc3)c(-c3ccncc3)c2C1. The lowest BCUT2D eigenvalue weighted by Crippen LogP contribution is -2.38. The number of fused-ring (bicyclic) bond motifs is 1. The number of amides is 1. The van der Waals surface area contributed by atoms with Crippen molar-refractivity contribution in [1.82, 2.24) is 25.0 Å². The van der Waals surface area contributed by atoms with E-state index < -0.39 is 0 Å². The first kappa shape index (κ1) is 22.2. The molecule has 0 radical (unpaired) electrons. The molecule has 4 rings (SSSR count). The molecule has 0 spiro atoms. The van der Waals surface area contributed by atoms with Crippen LogP contribution in [0.15, 0.2) is 60.9 Å². The van der Waals surface area contributed by atoms with Gasteiger partial charge >= 0.3 is 0 Å². The minimum atomic E-state index is 0.0156. The van der Waals surface area contributed by atoms with Gasteiger partial charge in [0.25, 0.3) is 0 Å². The summed E-state index contributed by atoms with van der Waals surface area (Å²) in [6.45, 7) is 8.76. The number of carbonyl (C=O) groups excluding carboxylic acids is 1. The number of rotatable bonds is 5. The first-order chi connectivity index (χ1) is 15.3. The standard InChI is InChI=1S/C25H28ClN5O/c1-25(2,3)28-12-4-5-22(32)30-15-16-31-21(17-30)23(18-10-13-27-14-11-18)24(29-31)19-6-8-20(26)9-7-19/h4-11,13-14,28H,12,15-17H2,1-3H3/b5-4+. The number of hydrogen-bond acceptors (Lipinski definition) is 4. The minimum absolute atomic E-state index is 0.0156. The zero-order chi connectivity index (χ0) is 22.7. The average Bonchev–Trinajstić information content (AvgIpc) is 3.15. The van der Waals surface area contributed by atoms with E-state index in [-0.39, 0.29) is 11.4 Å². The van der Waals surface area contributed by atoms with E-state index in [0.717, 1.165) is 28.1 Å². The van der Waals surface area contributed by atoms with Crippen LogP contribution < -0.4 is 5.32 Å². The monoisotopic (exact) mass is 449 g/mol. The molecule has 0 saturated carbocycles. The Bertz CT molecular complexity index is 1110. The van der Waals surface area contributed by atoms with Gasteiger partial charge in [-0.15, -0.1) is 0 Å². The number of nitrogens with one attached hydrogen (secondary N) is 1. The van der Waals surface area contributed by atoms with E-state index in [9.17, 15) is 4.79 Å². The van der Waals surface area contributed by atoms with Crippen LogP contribution >= 0.6 is 11.6 Å². The quantitative estimate of drug-likeness (QED) is 0.580. The fourth-order valence-corrected chi connectivity index (χ4v) is 3.89. The molecular weight excluding hydrogens is 422 g/mol. The Morgan fingerprint density at radius 2 is 1.81 bits per heavy atom. The Kier molecular flexibility index (Phi) is 6.44. The second kappa shape index (κ2) is 9.27. The Morgan fingerprint density at radius 1 is 1.09 bits per heavy atom. The van der Waals surface area contributed by atoms with Gasteiger partial charge in [-0.1, -0.05) is 29.8 Å². The lowest BCUT2D eigenvalue weighted by molar-refractivity contribution is -0.127. The van der Waals surface area contributed by atoms with Gasteiger partial charge in [-0.2, -0.15) is 5.10 Å². The molecule has 1 amide bonds. The van der Waals surface area contributed by atoms with Crippen LogP contribution in [0.3, 0.4) is 0 Å². The second-order valence-corrected chi connectivity index (χ2v) is 9.37. The summed E-state index contributed by atoms with van der Waals surface area (Å²) in [4.78, 5) is 18.9. The summed E-state index contributed by atoms with van der Waals surface area (Å²) >= 11 is 6.10. The van der Waals surface area contributed by atoms with Crippen LogP contribution in [0.25, 0.3) is 22.4 Å². The number of pyridine rings is 1. The van der Waals surface area contributed by atoms with Crippen LogP contribution in [0.1, 0.15) is 26.5 Å². The van der Waals surface area contributed by atoms with Gasteiger partial charge in [0.1, 0.15) is 5.69 Å². The van der Waals surface area contributed by atoms with Crippen LogP contribution in [0.2, 0.25) is 5.02 Å². The summed E-state index contributed by atoms with van der Waals surface area (Å²) in [5.74, 6) is 0.0156. The third kappa shape index (κ3) is 5.09. The van der Waals surface area contributed by atoms with Gasteiger partial charge in [0.05, 0.1) is 18.8 Å². The van der Waals surface area contributed by atoms with E-state index in [1.807, 2.05) is 52.1 Å². The van der Waals surface area contributed by atoms with E-state index in [4.69, 9.17) is 16.7 Å². The third-order valence-electron chi connectivity index (χ3n) is 5.39. The minimum Gasteiger partial charge on any atom is -0.331 e. The van der Waals surface area contributed by atoms with E-state index >= 15 is 0 Å². The maximum Gasteiger partial charge on any atom is 0.246 e. The third-order valence-corrected chi connectivity index (χ3v) is 5.64. The molecule has 7 heteroatoms. The summed E-state index contributed by atoms with van der Waals surface area (Å²) in [7, 11) is 0. The molecule has 3 aromatic rings. The van der Waals surface area contributed by atoms with Crippen molar-refractivity contribution in [2.45, 2.75) is 39.4 Å². The molecule has 0 aliphatic carbocycles. The number of benzene rings is 1. The Hall–Kier alpha value is -2.96. The highest BCUT2D eigenvalue weighted by Gasteiger charge is 2.27. The van der Waals surface area contributed by atoms with Gasteiger partial charge in [0.2, 0.25) is 5.91 Å². The highest BCUT2D eigenvalue weighted by molar-refractivity contribution is 6.30. The van der Waals surface area contributed by atoms with Crippen LogP contribution in [-0.2, 0) is 17.9 Å². The lowest BCUT2D eigenvalue weighted by Gasteiger charge is -2.27. The zero-order valence-electron chi connectivity index (χ0n) is 18.7. The second-order valence-electron chi connectivity index (χ2n) is 8.93. The lowest BCUT2D eigenvalue weighted by atomic mass is 9.99. The van der Waals surface area contributed by atoms with Gasteiger partial charge in [0, 0.05) is 53.2 Å². The molecule has 1 N–H and O–H groups in total. The van der Waals surface area contributed by atoms with Gasteiger partial charge in [-0.05, 0) is 50.6 Å². The molecule has 32 heavy (non-hydrogen) atoms. The summed E-state index contributed by atoms with van der Waals surface area (Å²) in [6.07, 6.45) is 7.11. The largest absolute Gasteiger partial charge is 0.331 e. The van der Waals surface area contributed by atoms with Gasteiger partial charge in [-0.25, -0.2) is 0 Å². The number of aromatic nitrogens is 3. The predicted molar refractivity (Wildman–Crippen MR) is 128 cm³/mol. The average molecular weight is 450 g/mol. The van der Waals surface area contributed by atoms with Crippen molar-refractivity contribution in [3.05, 3.63) is 71.7 Å². The number of halogens is 1. The summed E-state index contributed by atoms with van der Waals surface area (Å²) < 4.78 is 2.02. The summed E-state index contributed by atoms with van der Waals surface area (Å²) in [5, 5.41) is 8.96. The molecule has 0 bridgehead atoms. The molecule has 1 aromatic carbocycles. The Labute approximate surface area is 193 Å². The van der Waals surface area contributed by atoms with Gasteiger partial charge in [-0.3, -0.25) is 14.5 Å². The van der Waals surface area contributed by atoms with Gasteiger partial charge < -0.3 is 10.2 Å². The fourth-order valence-electron chi connectivity index (χ4n) is 3.77. The zero-order valence-corrected chi connectivity index (χ0v) is 19.4. The molecule has 0 unspecified atom stereocenters. The molecule has 0 saturated heterocycles. The first-order valence-corrected chi connectivity index (χ1v) is 11.2. The highest BCUT2D eigenvalue weighted by Crippen LogP contribution is 2.36. The first-order valence-electron chi connectivity index (χ1n) is 10.8. The molecule has 3 heterocycles. The van der Waals surface area contributed by atoms with Crippen molar-refractivity contribution in [1.29, 1.82) is 0 Å². The normalized spacial score (nSPS) is 14.1. The van der Waals surface area contributed by atoms with Crippen molar-refractivity contribution in [3.63, 3.8) is 0 Å². The summed E-state index contributed by atoms with van der Waals surface area (Å²) in [5.41, 5.74) is 5.00.